The monoisotopic (exact) mass is 340 g/mol. The minimum absolute atomic E-state index is 0.0411. The van der Waals surface area contributed by atoms with Crippen molar-refractivity contribution in [2.75, 3.05) is 25.0 Å². The van der Waals surface area contributed by atoms with E-state index in [2.05, 4.69) is 10.2 Å². The second-order valence-electron chi connectivity index (χ2n) is 5.68. The van der Waals surface area contributed by atoms with Gasteiger partial charge < -0.3 is 15.5 Å². The van der Waals surface area contributed by atoms with Crippen molar-refractivity contribution in [2.45, 2.75) is 31.7 Å². The molecule has 6 nitrogen and oxygen atoms in total. The number of carboxylic acid groups (broad SMARTS) is 1. The molecule has 23 heavy (non-hydrogen) atoms. The molecule has 0 bridgehead atoms. The molecule has 0 spiro atoms. The number of aliphatic hydroxyl groups excluding tert-OH is 1. The second-order valence-corrected chi connectivity index (χ2v) is 6.09. The van der Waals surface area contributed by atoms with E-state index in [1.807, 2.05) is 0 Å². The number of likely N-dealkylation sites (tertiary alicyclic amines) is 1. The van der Waals surface area contributed by atoms with Crippen LogP contribution in [0.4, 0.5) is 5.69 Å². The minimum atomic E-state index is -1.13. The highest BCUT2D eigenvalue weighted by Crippen LogP contribution is 2.22. The van der Waals surface area contributed by atoms with Crippen LogP contribution < -0.4 is 5.32 Å². The molecule has 3 N–H and O–H groups in total. The Kier molecular flexibility index (Phi) is 6.38. The summed E-state index contributed by atoms with van der Waals surface area (Å²) >= 11 is 5.81. The number of carboxylic acids is 1. The number of aromatic carboxylic acids is 1. The Bertz CT molecular complexity index is 577. The first-order valence-corrected chi connectivity index (χ1v) is 8.06. The smallest absolute Gasteiger partial charge is 0.337 e. The maximum Gasteiger partial charge on any atom is 0.337 e. The second kappa shape index (κ2) is 8.29. The largest absolute Gasteiger partial charge is 0.478 e. The molecule has 1 atom stereocenters. The van der Waals surface area contributed by atoms with Gasteiger partial charge in [0.05, 0.1) is 17.1 Å². The van der Waals surface area contributed by atoms with Gasteiger partial charge in [0.15, 0.2) is 0 Å². The molecule has 1 fully saturated rings. The van der Waals surface area contributed by atoms with Crippen molar-refractivity contribution in [1.82, 2.24) is 4.90 Å². The zero-order chi connectivity index (χ0) is 16.8. The summed E-state index contributed by atoms with van der Waals surface area (Å²) in [7, 11) is 0. The van der Waals surface area contributed by atoms with Crippen molar-refractivity contribution in [3.8, 4) is 0 Å². The van der Waals surface area contributed by atoms with Crippen molar-refractivity contribution >= 4 is 29.2 Å². The van der Waals surface area contributed by atoms with E-state index in [0.29, 0.717) is 12.1 Å². The molecule has 1 aromatic rings. The van der Waals surface area contributed by atoms with Crippen molar-refractivity contribution < 1.29 is 19.8 Å². The number of aliphatic hydroxyl groups is 1. The number of benzene rings is 1. The standard InChI is InChI=1S/C16H21ClN2O4/c17-14-5-4-11(9-13(14)16(22)23)18-15(21)10-19-7-2-1-3-12(19)6-8-20/h4-5,9,12,20H,1-3,6-8,10H2,(H,18,21)(H,22,23)/t12-/m1/s1. The zero-order valence-corrected chi connectivity index (χ0v) is 13.6. The molecule has 1 saturated heterocycles. The number of anilines is 1. The molecule has 126 valence electrons. The molecule has 0 saturated carbocycles. The van der Waals surface area contributed by atoms with Crippen LogP contribution in [0.2, 0.25) is 5.02 Å². The van der Waals surface area contributed by atoms with E-state index in [1.54, 1.807) is 6.07 Å². The van der Waals surface area contributed by atoms with Crippen molar-refractivity contribution in [2.24, 2.45) is 0 Å². The van der Waals surface area contributed by atoms with Gasteiger partial charge in [-0.25, -0.2) is 4.79 Å². The first-order valence-electron chi connectivity index (χ1n) is 7.69. The van der Waals surface area contributed by atoms with Crippen LogP contribution in [0.3, 0.4) is 0 Å². The number of nitrogens with zero attached hydrogens (tertiary/aromatic N) is 1. The predicted molar refractivity (Wildman–Crippen MR) is 88.0 cm³/mol. The number of carbonyl (C=O) groups is 2. The fourth-order valence-electron chi connectivity index (χ4n) is 2.90. The van der Waals surface area contributed by atoms with Crippen LogP contribution in [0.25, 0.3) is 0 Å². The molecule has 7 heteroatoms. The van der Waals surface area contributed by atoms with Crippen LogP contribution in [-0.4, -0.2) is 52.7 Å². The summed E-state index contributed by atoms with van der Waals surface area (Å²) in [5.41, 5.74) is 0.369. The first-order chi connectivity index (χ1) is 11.0. The summed E-state index contributed by atoms with van der Waals surface area (Å²) in [5, 5.41) is 21.0. The lowest BCUT2D eigenvalue weighted by molar-refractivity contribution is -0.118. The number of carbonyl (C=O) groups excluding carboxylic acids is 1. The van der Waals surface area contributed by atoms with Crippen molar-refractivity contribution in [3.05, 3.63) is 28.8 Å². The van der Waals surface area contributed by atoms with Gasteiger partial charge in [-0.05, 0) is 44.0 Å². The van der Waals surface area contributed by atoms with Crippen LogP contribution in [0.1, 0.15) is 36.0 Å². The zero-order valence-electron chi connectivity index (χ0n) is 12.8. The fraction of sp³-hybridized carbons (Fsp3) is 0.500. The van der Waals surface area contributed by atoms with E-state index in [4.69, 9.17) is 21.8 Å². The van der Waals surface area contributed by atoms with Gasteiger partial charge in [0, 0.05) is 18.3 Å². The average Bonchev–Trinajstić information content (AvgIpc) is 2.51. The quantitative estimate of drug-likeness (QED) is 0.738. The summed E-state index contributed by atoms with van der Waals surface area (Å²) in [6.07, 6.45) is 3.80. The van der Waals surface area contributed by atoms with Gasteiger partial charge in [0.2, 0.25) is 5.91 Å². The summed E-state index contributed by atoms with van der Waals surface area (Å²) in [6.45, 7) is 1.18. The highest BCUT2D eigenvalue weighted by atomic mass is 35.5. The molecule has 0 radical (unpaired) electrons. The molecular weight excluding hydrogens is 320 g/mol. The Morgan fingerprint density at radius 1 is 1.35 bits per heavy atom. The van der Waals surface area contributed by atoms with Crippen LogP contribution in [0.5, 0.6) is 0 Å². The van der Waals surface area contributed by atoms with Crippen LogP contribution in [0, 0.1) is 0 Å². The number of piperidine rings is 1. The Balaban J connectivity index is 1.98. The maximum atomic E-state index is 12.2. The fourth-order valence-corrected chi connectivity index (χ4v) is 3.09. The number of hydrogen-bond donors (Lipinski definition) is 3. The van der Waals surface area contributed by atoms with Crippen LogP contribution >= 0.6 is 11.6 Å². The molecule has 1 aromatic carbocycles. The average molecular weight is 341 g/mol. The van der Waals surface area contributed by atoms with Crippen LogP contribution in [-0.2, 0) is 4.79 Å². The van der Waals surface area contributed by atoms with E-state index < -0.39 is 5.97 Å². The molecule has 1 aliphatic rings. The topological polar surface area (TPSA) is 89.9 Å². The third kappa shape index (κ3) is 4.92. The molecule has 0 aromatic heterocycles. The Hall–Kier alpha value is -1.63. The van der Waals surface area contributed by atoms with E-state index in [-0.39, 0.29) is 35.7 Å². The van der Waals surface area contributed by atoms with Gasteiger partial charge in [0.25, 0.3) is 0 Å². The van der Waals surface area contributed by atoms with Crippen LogP contribution in [0.15, 0.2) is 18.2 Å². The Morgan fingerprint density at radius 2 is 2.13 bits per heavy atom. The van der Waals surface area contributed by atoms with Crippen molar-refractivity contribution in [3.63, 3.8) is 0 Å². The van der Waals surface area contributed by atoms with E-state index in [1.165, 1.54) is 12.1 Å². The van der Waals surface area contributed by atoms with E-state index in [0.717, 1.165) is 25.8 Å². The van der Waals surface area contributed by atoms with Gasteiger partial charge in [0.1, 0.15) is 0 Å². The van der Waals surface area contributed by atoms with Gasteiger partial charge in [-0.2, -0.15) is 0 Å². The van der Waals surface area contributed by atoms with Crippen molar-refractivity contribution in [1.29, 1.82) is 0 Å². The third-order valence-electron chi connectivity index (χ3n) is 4.04. The number of amides is 1. The van der Waals surface area contributed by atoms with Gasteiger partial charge in [-0.3, -0.25) is 9.69 Å². The molecule has 1 heterocycles. The molecule has 0 unspecified atom stereocenters. The number of rotatable bonds is 6. The molecule has 0 aliphatic carbocycles. The lowest BCUT2D eigenvalue weighted by Gasteiger charge is -2.34. The van der Waals surface area contributed by atoms with E-state index >= 15 is 0 Å². The molecular formula is C16H21ClN2O4. The van der Waals surface area contributed by atoms with Gasteiger partial charge in [-0.1, -0.05) is 18.0 Å². The number of hydrogen-bond acceptors (Lipinski definition) is 4. The summed E-state index contributed by atoms with van der Waals surface area (Å²) in [6, 6.07) is 4.60. The normalized spacial score (nSPS) is 18.6. The summed E-state index contributed by atoms with van der Waals surface area (Å²) < 4.78 is 0. The first kappa shape index (κ1) is 17.7. The SMILES string of the molecule is O=C(CN1CCCC[C@@H]1CCO)Nc1ccc(Cl)c(C(=O)O)c1. The lowest BCUT2D eigenvalue weighted by Crippen LogP contribution is -2.44. The Labute approximate surface area is 140 Å². The lowest BCUT2D eigenvalue weighted by atomic mass is 9.99. The molecule has 2 rings (SSSR count). The minimum Gasteiger partial charge on any atom is -0.478 e. The van der Waals surface area contributed by atoms with Gasteiger partial charge >= 0.3 is 5.97 Å². The highest BCUT2D eigenvalue weighted by Gasteiger charge is 2.23. The summed E-state index contributed by atoms with van der Waals surface area (Å²) in [5.74, 6) is -1.33. The predicted octanol–water partition coefficient (Wildman–Crippen LogP) is 2.21. The number of nitrogens with one attached hydrogen (secondary N) is 1. The maximum absolute atomic E-state index is 12.2. The molecule has 1 amide bonds. The summed E-state index contributed by atoms with van der Waals surface area (Å²) in [4.78, 5) is 25.3. The van der Waals surface area contributed by atoms with E-state index in [9.17, 15) is 9.59 Å². The van der Waals surface area contributed by atoms with Gasteiger partial charge in [-0.15, -0.1) is 0 Å². The Morgan fingerprint density at radius 3 is 2.83 bits per heavy atom. The highest BCUT2D eigenvalue weighted by molar-refractivity contribution is 6.33. The molecule has 1 aliphatic heterocycles. The number of halogens is 1. The third-order valence-corrected chi connectivity index (χ3v) is 4.37.